The van der Waals surface area contributed by atoms with E-state index in [-0.39, 0.29) is 18.5 Å². The number of ether oxygens (including phenoxy) is 1. The van der Waals surface area contributed by atoms with Gasteiger partial charge < -0.3 is 19.9 Å². The van der Waals surface area contributed by atoms with Gasteiger partial charge in [-0.3, -0.25) is 0 Å². The summed E-state index contributed by atoms with van der Waals surface area (Å²) in [7, 11) is 0. The number of pyridine rings is 1. The number of benzene rings is 2. The number of aromatic nitrogens is 2. The van der Waals surface area contributed by atoms with Gasteiger partial charge in [0.25, 0.3) is 0 Å². The van der Waals surface area contributed by atoms with E-state index in [1.807, 2.05) is 43.5 Å². The Bertz CT molecular complexity index is 1240. The first-order valence-corrected chi connectivity index (χ1v) is 10.6. The van der Waals surface area contributed by atoms with E-state index in [9.17, 15) is 4.39 Å². The van der Waals surface area contributed by atoms with E-state index < -0.39 is 0 Å². The molecule has 5 rings (SSSR count). The molecule has 2 N–H and O–H groups in total. The van der Waals surface area contributed by atoms with E-state index >= 15 is 0 Å². The third-order valence-electron chi connectivity index (χ3n) is 5.68. The van der Waals surface area contributed by atoms with Gasteiger partial charge in [0.05, 0.1) is 17.7 Å². The minimum Gasteiger partial charge on any atom is -0.370 e. The Morgan fingerprint density at radius 1 is 1.23 bits per heavy atom. The van der Waals surface area contributed by atoms with Gasteiger partial charge in [-0.1, -0.05) is 29.8 Å². The van der Waals surface area contributed by atoms with Crippen molar-refractivity contribution in [3.05, 3.63) is 82.9 Å². The van der Waals surface area contributed by atoms with Crippen molar-refractivity contribution in [2.75, 3.05) is 23.3 Å². The van der Waals surface area contributed by atoms with Gasteiger partial charge in [0.15, 0.2) is 0 Å². The predicted molar refractivity (Wildman–Crippen MR) is 123 cm³/mol. The van der Waals surface area contributed by atoms with Gasteiger partial charge in [0.2, 0.25) is 0 Å². The maximum Gasteiger partial charge on any atom is 0.135 e. The quantitative estimate of drug-likeness (QED) is 0.400. The van der Waals surface area contributed by atoms with Gasteiger partial charge in [-0.2, -0.15) is 0 Å². The second-order valence-electron chi connectivity index (χ2n) is 7.76. The average Bonchev–Trinajstić information content (AvgIpc) is 3.20. The van der Waals surface area contributed by atoms with E-state index in [4.69, 9.17) is 16.3 Å². The highest BCUT2D eigenvalue weighted by molar-refractivity contribution is 6.35. The maximum atomic E-state index is 13.8. The number of aromatic amines is 1. The van der Waals surface area contributed by atoms with Crippen LogP contribution >= 0.6 is 11.6 Å². The number of halogens is 2. The van der Waals surface area contributed by atoms with Crippen LogP contribution in [0.15, 0.2) is 60.9 Å². The number of hydrogen-bond acceptors (Lipinski definition) is 4. The number of H-pyrrole nitrogens is 1. The topological polar surface area (TPSA) is 53.2 Å². The molecule has 0 aliphatic carbocycles. The normalized spacial score (nSPS) is 14.1. The third-order valence-corrected chi connectivity index (χ3v) is 5.99. The number of rotatable bonds is 6. The van der Waals surface area contributed by atoms with Crippen LogP contribution < -0.4 is 10.2 Å². The van der Waals surface area contributed by atoms with Crippen molar-refractivity contribution in [3.63, 3.8) is 0 Å². The van der Waals surface area contributed by atoms with Crippen LogP contribution in [0.2, 0.25) is 5.02 Å². The van der Waals surface area contributed by atoms with Gasteiger partial charge in [-0.15, -0.1) is 0 Å². The van der Waals surface area contributed by atoms with Crippen molar-refractivity contribution in [2.45, 2.75) is 19.6 Å². The van der Waals surface area contributed by atoms with Crippen LogP contribution in [0.4, 0.5) is 21.6 Å². The summed E-state index contributed by atoms with van der Waals surface area (Å²) in [5, 5.41) is 5.07. The maximum absolute atomic E-state index is 13.8. The second-order valence-corrected chi connectivity index (χ2v) is 8.16. The highest BCUT2D eigenvalue weighted by Crippen LogP contribution is 2.33. The van der Waals surface area contributed by atoms with E-state index in [2.05, 4.69) is 20.2 Å². The van der Waals surface area contributed by atoms with Crippen LogP contribution in [-0.2, 0) is 11.3 Å². The molecular formula is C24H22ClFN4O. The number of anilines is 3. The fraction of sp³-hybridized carbons (Fsp3) is 0.208. The highest BCUT2D eigenvalue weighted by atomic mass is 35.5. The molecule has 2 aromatic heterocycles. The minimum atomic E-state index is -0.225. The first-order chi connectivity index (χ1) is 15.1. The lowest BCUT2D eigenvalue weighted by Crippen LogP contribution is -2.52. The molecule has 0 amide bonds. The Labute approximate surface area is 184 Å². The minimum absolute atomic E-state index is 0.0812. The standard InChI is InChI=1S/C24H22ClFN4O/c1-15-23(30-12-18(13-30)31-14-16-4-2-3-5-21(16)26)7-9-28-24(15)29-17-10-20(25)19-6-8-27-22(19)11-17/h2-11,18,27H,12-14H2,1H3,(H,28,29). The summed E-state index contributed by atoms with van der Waals surface area (Å²) in [5.41, 5.74) is 4.60. The molecule has 4 aromatic rings. The van der Waals surface area contributed by atoms with Gasteiger partial charge in [0.1, 0.15) is 11.6 Å². The van der Waals surface area contributed by atoms with E-state index in [0.29, 0.717) is 10.6 Å². The van der Waals surface area contributed by atoms with E-state index in [0.717, 1.165) is 46.7 Å². The molecule has 0 saturated carbocycles. The van der Waals surface area contributed by atoms with E-state index in [1.165, 1.54) is 6.07 Å². The van der Waals surface area contributed by atoms with Crippen LogP contribution in [0.25, 0.3) is 10.9 Å². The Morgan fingerprint density at radius 2 is 2.06 bits per heavy atom. The molecule has 2 aromatic carbocycles. The second kappa shape index (κ2) is 8.21. The highest BCUT2D eigenvalue weighted by Gasteiger charge is 2.29. The predicted octanol–water partition coefficient (Wildman–Crippen LogP) is 5.81. The molecule has 0 bridgehead atoms. The monoisotopic (exact) mass is 436 g/mol. The number of fused-ring (bicyclic) bond motifs is 1. The van der Waals surface area contributed by atoms with Gasteiger partial charge in [0, 0.05) is 58.9 Å². The summed E-state index contributed by atoms with van der Waals surface area (Å²) in [6, 6.07) is 14.6. The Hall–Kier alpha value is -3.09. The van der Waals surface area contributed by atoms with Crippen LogP contribution in [-0.4, -0.2) is 29.2 Å². The third kappa shape index (κ3) is 3.96. The molecule has 31 heavy (non-hydrogen) atoms. The lowest BCUT2D eigenvalue weighted by molar-refractivity contribution is 0.0210. The van der Waals surface area contributed by atoms with Crippen LogP contribution in [0, 0.1) is 12.7 Å². The number of hydrogen-bond donors (Lipinski definition) is 2. The lowest BCUT2D eigenvalue weighted by Gasteiger charge is -2.41. The van der Waals surface area contributed by atoms with Crippen molar-refractivity contribution in [2.24, 2.45) is 0 Å². The zero-order valence-electron chi connectivity index (χ0n) is 17.0. The molecule has 1 aliphatic rings. The summed E-state index contributed by atoms with van der Waals surface area (Å²) in [4.78, 5) is 9.95. The summed E-state index contributed by atoms with van der Waals surface area (Å²) < 4.78 is 19.6. The smallest absolute Gasteiger partial charge is 0.135 e. The molecule has 7 heteroatoms. The van der Waals surface area contributed by atoms with Crippen molar-refractivity contribution in [1.29, 1.82) is 0 Å². The van der Waals surface area contributed by atoms with Gasteiger partial charge >= 0.3 is 0 Å². The Morgan fingerprint density at radius 3 is 2.90 bits per heavy atom. The molecule has 158 valence electrons. The fourth-order valence-electron chi connectivity index (χ4n) is 3.89. The summed E-state index contributed by atoms with van der Waals surface area (Å²) in [6.07, 6.45) is 3.75. The van der Waals surface area contributed by atoms with Gasteiger partial charge in [-0.05, 0) is 37.3 Å². The fourth-order valence-corrected chi connectivity index (χ4v) is 4.17. The molecule has 0 radical (unpaired) electrons. The molecular weight excluding hydrogens is 415 g/mol. The van der Waals surface area contributed by atoms with Crippen molar-refractivity contribution in [1.82, 2.24) is 9.97 Å². The molecule has 0 spiro atoms. The van der Waals surface area contributed by atoms with Crippen molar-refractivity contribution >= 4 is 39.7 Å². The molecule has 3 heterocycles. The zero-order valence-corrected chi connectivity index (χ0v) is 17.8. The van der Waals surface area contributed by atoms with E-state index in [1.54, 1.807) is 18.3 Å². The molecule has 0 unspecified atom stereocenters. The number of nitrogens with one attached hydrogen (secondary N) is 2. The summed E-state index contributed by atoms with van der Waals surface area (Å²) in [6.45, 7) is 3.86. The zero-order chi connectivity index (χ0) is 21.4. The Balaban J connectivity index is 1.25. The molecule has 5 nitrogen and oxygen atoms in total. The van der Waals surface area contributed by atoms with Crippen molar-refractivity contribution < 1.29 is 9.13 Å². The number of nitrogens with zero attached hydrogens (tertiary/aromatic N) is 2. The average molecular weight is 437 g/mol. The molecule has 1 fully saturated rings. The largest absolute Gasteiger partial charge is 0.370 e. The van der Waals surface area contributed by atoms with Crippen LogP contribution in [0.5, 0.6) is 0 Å². The SMILES string of the molecule is Cc1c(N2CC(OCc3ccccc3F)C2)ccnc1Nc1cc(Cl)c2cc[nH]c2c1. The van der Waals surface area contributed by atoms with Crippen molar-refractivity contribution in [3.8, 4) is 0 Å². The first kappa shape index (κ1) is 19.8. The molecule has 1 saturated heterocycles. The Kier molecular flexibility index (Phi) is 5.26. The first-order valence-electron chi connectivity index (χ1n) is 10.2. The lowest BCUT2D eigenvalue weighted by atomic mass is 10.1. The van der Waals surface area contributed by atoms with Crippen LogP contribution in [0.3, 0.4) is 0 Å². The van der Waals surface area contributed by atoms with Gasteiger partial charge in [-0.25, -0.2) is 9.37 Å². The molecule has 1 aliphatic heterocycles. The molecule has 0 atom stereocenters. The summed E-state index contributed by atoms with van der Waals surface area (Å²) in [5.74, 6) is 0.562. The van der Waals surface area contributed by atoms with Crippen LogP contribution in [0.1, 0.15) is 11.1 Å². The summed E-state index contributed by atoms with van der Waals surface area (Å²) >= 11 is 6.40.